The van der Waals surface area contributed by atoms with Crippen molar-refractivity contribution in [1.29, 1.82) is 0 Å². The van der Waals surface area contributed by atoms with E-state index in [2.05, 4.69) is 11.4 Å². The van der Waals surface area contributed by atoms with Crippen LogP contribution in [0.25, 0.3) is 0 Å². The number of hydrogen-bond acceptors (Lipinski definition) is 3. The van der Waals surface area contributed by atoms with Crippen LogP contribution in [0, 0.1) is 5.92 Å². The van der Waals surface area contributed by atoms with E-state index in [1.807, 2.05) is 43.3 Å². The maximum absolute atomic E-state index is 11.8. The number of carbonyl (C=O) groups excluding carboxylic acids is 2. The topological polar surface area (TPSA) is 55.4 Å². The second kappa shape index (κ2) is 7.62. The third kappa shape index (κ3) is 5.06. The highest BCUT2D eigenvalue weighted by Gasteiger charge is 2.16. The van der Waals surface area contributed by atoms with Crippen LogP contribution in [-0.4, -0.2) is 18.5 Å². The molecule has 112 valence electrons. The van der Waals surface area contributed by atoms with Crippen molar-refractivity contribution in [1.82, 2.24) is 5.32 Å². The van der Waals surface area contributed by atoms with E-state index in [0.717, 1.165) is 18.4 Å². The van der Waals surface area contributed by atoms with Crippen molar-refractivity contribution in [3.8, 4) is 0 Å². The molecule has 0 bridgehead atoms. The Morgan fingerprint density at radius 3 is 2.76 bits per heavy atom. The van der Waals surface area contributed by atoms with Gasteiger partial charge in [0, 0.05) is 0 Å². The summed E-state index contributed by atoms with van der Waals surface area (Å²) in [6.45, 7) is 1.69. The summed E-state index contributed by atoms with van der Waals surface area (Å²) in [4.78, 5) is 23.4. The minimum atomic E-state index is -0.311. The van der Waals surface area contributed by atoms with Crippen molar-refractivity contribution in [2.24, 2.45) is 5.92 Å². The number of nitrogens with one attached hydrogen (secondary N) is 1. The number of hydrogen-bond donors (Lipinski definition) is 1. The van der Waals surface area contributed by atoms with Crippen molar-refractivity contribution in [3.63, 3.8) is 0 Å². The Hall–Kier alpha value is -2.10. The molecule has 1 aromatic rings. The molecule has 21 heavy (non-hydrogen) atoms. The van der Waals surface area contributed by atoms with E-state index in [1.165, 1.54) is 0 Å². The van der Waals surface area contributed by atoms with Gasteiger partial charge in [0.1, 0.15) is 0 Å². The van der Waals surface area contributed by atoms with E-state index < -0.39 is 0 Å². The van der Waals surface area contributed by atoms with Crippen LogP contribution in [0.4, 0.5) is 0 Å². The van der Waals surface area contributed by atoms with Gasteiger partial charge in [0.05, 0.1) is 12.5 Å². The first-order valence-electron chi connectivity index (χ1n) is 7.31. The molecule has 0 spiro atoms. The van der Waals surface area contributed by atoms with Gasteiger partial charge in [0.2, 0.25) is 0 Å². The van der Waals surface area contributed by atoms with Crippen LogP contribution in [0.15, 0.2) is 42.5 Å². The van der Waals surface area contributed by atoms with Gasteiger partial charge < -0.3 is 10.1 Å². The lowest BCUT2D eigenvalue weighted by Gasteiger charge is -2.14. The normalized spacial score (nSPS) is 18.2. The average molecular weight is 287 g/mol. The molecule has 0 fully saturated rings. The summed E-state index contributed by atoms with van der Waals surface area (Å²) in [6.07, 6.45) is 6.49. The summed E-state index contributed by atoms with van der Waals surface area (Å²) >= 11 is 0. The van der Waals surface area contributed by atoms with Crippen molar-refractivity contribution in [3.05, 3.63) is 48.0 Å². The van der Waals surface area contributed by atoms with Crippen molar-refractivity contribution < 1.29 is 14.3 Å². The number of amides is 1. The lowest BCUT2D eigenvalue weighted by Crippen LogP contribution is -2.31. The molecule has 4 nitrogen and oxygen atoms in total. The third-order valence-electron chi connectivity index (χ3n) is 3.58. The molecule has 1 aromatic carbocycles. The number of ether oxygens (including phenoxy) is 1. The lowest BCUT2D eigenvalue weighted by atomic mass is 10.1. The first-order chi connectivity index (χ1) is 10.1. The van der Waals surface area contributed by atoms with Crippen LogP contribution in [-0.2, 0) is 14.3 Å². The Morgan fingerprint density at radius 1 is 1.33 bits per heavy atom. The lowest BCUT2D eigenvalue weighted by molar-refractivity contribution is -0.149. The zero-order chi connectivity index (χ0) is 15.1. The number of rotatable bonds is 6. The Kier molecular flexibility index (Phi) is 5.55. The van der Waals surface area contributed by atoms with E-state index in [1.54, 1.807) is 0 Å². The first kappa shape index (κ1) is 15.3. The average Bonchev–Trinajstić information content (AvgIpc) is 2.99. The van der Waals surface area contributed by atoms with Crippen LogP contribution in [0.3, 0.4) is 0 Å². The van der Waals surface area contributed by atoms with E-state index in [4.69, 9.17) is 4.74 Å². The molecule has 0 saturated heterocycles. The Balaban J connectivity index is 1.69. The summed E-state index contributed by atoms with van der Waals surface area (Å²) < 4.78 is 5.02. The van der Waals surface area contributed by atoms with E-state index in [9.17, 15) is 9.59 Å². The Labute approximate surface area is 125 Å². The molecule has 0 heterocycles. The summed E-state index contributed by atoms with van der Waals surface area (Å²) in [5.74, 6) is -0.320. The maximum atomic E-state index is 11.8. The SMILES string of the molecule is C[C@@H](NC(=O)COC(=O)C[C@H]1C=CCC1)c1ccccc1. The minimum absolute atomic E-state index is 0.102. The molecule has 0 radical (unpaired) electrons. The molecular formula is C17H21NO3. The summed E-state index contributed by atoms with van der Waals surface area (Å²) in [6, 6.07) is 9.57. The molecule has 2 rings (SSSR count). The van der Waals surface area contributed by atoms with Crippen LogP contribution in [0.2, 0.25) is 0 Å². The van der Waals surface area contributed by atoms with Crippen LogP contribution >= 0.6 is 0 Å². The fourth-order valence-corrected chi connectivity index (χ4v) is 2.39. The van der Waals surface area contributed by atoms with Gasteiger partial charge in [-0.15, -0.1) is 0 Å². The molecule has 1 N–H and O–H groups in total. The molecular weight excluding hydrogens is 266 g/mol. The fourth-order valence-electron chi connectivity index (χ4n) is 2.39. The van der Waals surface area contributed by atoms with Crippen molar-refractivity contribution in [2.45, 2.75) is 32.2 Å². The van der Waals surface area contributed by atoms with Gasteiger partial charge in [0.15, 0.2) is 6.61 Å². The molecule has 1 aliphatic rings. The van der Waals surface area contributed by atoms with Crippen molar-refractivity contribution in [2.75, 3.05) is 6.61 Å². The van der Waals surface area contributed by atoms with Gasteiger partial charge in [-0.05, 0) is 31.2 Å². The van der Waals surface area contributed by atoms with Gasteiger partial charge >= 0.3 is 5.97 Å². The second-order valence-electron chi connectivity index (χ2n) is 5.33. The van der Waals surface area contributed by atoms with E-state index in [-0.39, 0.29) is 30.4 Å². The maximum Gasteiger partial charge on any atom is 0.306 e. The Morgan fingerprint density at radius 2 is 2.10 bits per heavy atom. The number of esters is 1. The third-order valence-corrected chi connectivity index (χ3v) is 3.58. The predicted octanol–water partition coefficient (Wildman–Crippen LogP) is 2.76. The van der Waals surface area contributed by atoms with Gasteiger partial charge in [0.25, 0.3) is 5.91 Å². The Bertz CT molecular complexity index is 510. The van der Waals surface area contributed by atoms with Gasteiger partial charge in [-0.25, -0.2) is 0 Å². The smallest absolute Gasteiger partial charge is 0.306 e. The molecule has 4 heteroatoms. The highest BCUT2D eigenvalue weighted by molar-refractivity contribution is 5.80. The minimum Gasteiger partial charge on any atom is -0.456 e. The monoisotopic (exact) mass is 287 g/mol. The van der Waals surface area contributed by atoms with E-state index in [0.29, 0.717) is 6.42 Å². The first-order valence-corrected chi connectivity index (χ1v) is 7.31. The van der Waals surface area contributed by atoms with Crippen LogP contribution in [0.5, 0.6) is 0 Å². The van der Waals surface area contributed by atoms with Gasteiger partial charge in [-0.2, -0.15) is 0 Å². The van der Waals surface area contributed by atoms with Crippen molar-refractivity contribution >= 4 is 11.9 Å². The molecule has 0 unspecified atom stereocenters. The molecule has 2 atom stereocenters. The second-order valence-corrected chi connectivity index (χ2v) is 5.33. The standard InChI is InChI=1S/C17H21NO3/c1-13(15-9-3-2-4-10-15)18-16(19)12-21-17(20)11-14-7-5-6-8-14/h2-5,7,9-10,13-14H,6,8,11-12H2,1H3,(H,18,19)/t13-,14+/m1/s1. The van der Waals surface area contributed by atoms with Crippen LogP contribution in [0.1, 0.15) is 37.8 Å². The summed E-state index contributed by atoms with van der Waals surface area (Å²) in [5, 5.41) is 2.82. The molecule has 1 aliphatic carbocycles. The quantitative estimate of drug-likeness (QED) is 0.646. The molecule has 0 saturated carbocycles. The summed E-state index contributed by atoms with van der Waals surface area (Å²) in [5.41, 5.74) is 1.02. The number of benzene rings is 1. The zero-order valence-electron chi connectivity index (χ0n) is 12.2. The number of carbonyl (C=O) groups is 2. The van der Waals surface area contributed by atoms with Gasteiger partial charge in [-0.1, -0.05) is 42.5 Å². The highest BCUT2D eigenvalue weighted by Crippen LogP contribution is 2.20. The largest absolute Gasteiger partial charge is 0.456 e. The van der Waals surface area contributed by atoms with E-state index >= 15 is 0 Å². The fraction of sp³-hybridized carbons (Fsp3) is 0.412. The molecule has 0 aliphatic heterocycles. The highest BCUT2D eigenvalue weighted by atomic mass is 16.5. The predicted molar refractivity (Wildman–Crippen MR) is 80.4 cm³/mol. The zero-order valence-corrected chi connectivity index (χ0v) is 12.2. The number of allylic oxidation sites excluding steroid dienone is 2. The van der Waals surface area contributed by atoms with Gasteiger partial charge in [-0.3, -0.25) is 9.59 Å². The molecule has 0 aromatic heterocycles. The van der Waals surface area contributed by atoms with Crippen LogP contribution < -0.4 is 5.32 Å². The summed E-state index contributed by atoms with van der Waals surface area (Å²) in [7, 11) is 0. The molecule has 1 amide bonds.